The minimum absolute atomic E-state index is 0.159. The van der Waals surface area contributed by atoms with Crippen molar-refractivity contribution in [3.05, 3.63) is 67.1 Å². The van der Waals surface area contributed by atoms with Crippen molar-refractivity contribution in [3.63, 3.8) is 0 Å². The Morgan fingerprint density at radius 1 is 0.824 bits per heavy atom. The molecule has 0 aliphatic carbocycles. The molecule has 0 aliphatic heterocycles. The summed E-state index contributed by atoms with van der Waals surface area (Å²) < 4.78 is 15.4. The number of hydrogen-bond acceptors (Lipinski definition) is 0. The molecule has 2 aromatic carbocycles. The molecule has 0 unspecified atom stereocenters. The van der Waals surface area contributed by atoms with E-state index in [0.717, 1.165) is 0 Å². The lowest BCUT2D eigenvalue weighted by Crippen LogP contribution is -3.61. The molecule has 88 valence electrons. The van der Waals surface area contributed by atoms with Gasteiger partial charge in [0.25, 0.3) is 0 Å². The fourth-order valence-electron chi connectivity index (χ4n) is 1.53. The number of hydrogen-bond donors (Lipinski definition) is 0. The quantitative estimate of drug-likeness (QED) is 0.733. The van der Waals surface area contributed by atoms with Gasteiger partial charge in [-0.3, -0.25) is 0 Å². The number of halogens is 2. The lowest BCUT2D eigenvalue weighted by atomic mass is 10.0. The van der Waals surface area contributed by atoms with Crippen LogP contribution in [0, 0.1) is 13.0 Å². The van der Waals surface area contributed by atoms with Crippen molar-refractivity contribution in [1.82, 2.24) is 0 Å². The minimum atomic E-state index is -0.183. The largest absolute Gasteiger partial charge is 0.357 e. The first kappa shape index (κ1) is 12.6. The van der Waals surface area contributed by atoms with Gasteiger partial charge in [-0.2, -0.15) is 0 Å². The Balaban J connectivity index is 2.11. The van der Waals surface area contributed by atoms with Crippen LogP contribution in [-0.4, -0.2) is 0 Å². The zero-order valence-corrected chi connectivity index (χ0v) is 12.1. The van der Waals surface area contributed by atoms with Crippen LogP contribution in [-0.2, 0) is 0 Å². The van der Waals surface area contributed by atoms with Crippen molar-refractivity contribution in [2.75, 3.05) is 0 Å². The van der Waals surface area contributed by atoms with Crippen LogP contribution < -0.4 is 21.2 Å². The van der Waals surface area contributed by atoms with Crippen LogP contribution in [0.3, 0.4) is 0 Å². The van der Waals surface area contributed by atoms with E-state index in [9.17, 15) is 4.39 Å². The third-order valence-electron chi connectivity index (χ3n) is 2.56. The molecule has 0 heterocycles. The summed E-state index contributed by atoms with van der Waals surface area (Å²) in [5.74, 6) is 0.418. The lowest BCUT2D eigenvalue weighted by Gasteiger charge is -2.02. The minimum Gasteiger partial charge on any atom is -0.207 e. The van der Waals surface area contributed by atoms with E-state index in [1.54, 1.807) is 0 Å². The molecule has 0 saturated heterocycles. The van der Waals surface area contributed by atoms with Gasteiger partial charge >= 0.3 is 21.2 Å². The summed E-state index contributed by atoms with van der Waals surface area (Å²) in [5, 5.41) is 0. The fraction of sp³-hybridized carbons (Fsp3) is 0.200. The molecular formula is C15H15FI+. The van der Waals surface area contributed by atoms with E-state index < -0.39 is 0 Å². The predicted molar refractivity (Wildman–Crippen MR) is 64.3 cm³/mol. The Morgan fingerprint density at radius 2 is 1.29 bits per heavy atom. The summed E-state index contributed by atoms with van der Waals surface area (Å²) in [6.45, 7) is 4.40. The molecular weight excluding hydrogens is 326 g/mol. The van der Waals surface area contributed by atoms with Crippen LogP contribution in [0.5, 0.6) is 0 Å². The van der Waals surface area contributed by atoms with Crippen molar-refractivity contribution < 1.29 is 25.6 Å². The summed E-state index contributed by atoms with van der Waals surface area (Å²) in [7, 11) is 0. The maximum atomic E-state index is 12.8. The molecule has 0 atom stereocenters. The van der Waals surface area contributed by atoms with Crippen molar-refractivity contribution >= 4 is 0 Å². The predicted octanol–water partition coefficient (Wildman–Crippen LogP) is 1.08. The molecule has 0 saturated carbocycles. The van der Waals surface area contributed by atoms with Gasteiger partial charge in [0.1, 0.15) is 5.82 Å². The Hall–Kier alpha value is -0.900. The average molecular weight is 341 g/mol. The molecule has 0 radical (unpaired) electrons. The molecule has 2 rings (SSSR count). The Kier molecular flexibility index (Phi) is 4.15. The number of benzene rings is 2. The first-order chi connectivity index (χ1) is 8.15. The summed E-state index contributed by atoms with van der Waals surface area (Å²) in [5.41, 5.74) is 1.37. The highest BCUT2D eigenvalue weighted by atomic mass is 127. The van der Waals surface area contributed by atoms with E-state index in [1.807, 2.05) is 12.1 Å². The van der Waals surface area contributed by atoms with Crippen LogP contribution in [0.4, 0.5) is 4.39 Å². The third-order valence-corrected chi connectivity index (χ3v) is 5.24. The molecule has 17 heavy (non-hydrogen) atoms. The van der Waals surface area contributed by atoms with E-state index in [4.69, 9.17) is 0 Å². The maximum Gasteiger partial charge on any atom is 0.357 e. The van der Waals surface area contributed by atoms with E-state index >= 15 is 0 Å². The standard InChI is InChI=1S/C15H15FI/c1-11(2)12-3-7-14(8-4-12)17-15-9-5-13(16)6-10-15/h3-11H,1-2H3/q+1. The second-order valence-electron chi connectivity index (χ2n) is 4.24. The second kappa shape index (κ2) is 5.63. The van der Waals surface area contributed by atoms with Crippen LogP contribution in [0.2, 0.25) is 0 Å². The highest BCUT2D eigenvalue weighted by Crippen LogP contribution is 2.11. The van der Waals surface area contributed by atoms with Gasteiger partial charge in [-0.15, -0.1) is 0 Å². The third kappa shape index (κ3) is 3.53. The molecule has 0 bridgehead atoms. The van der Waals surface area contributed by atoms with Gasteiger partial charge in [-0.25, -0.2) is 4.39 Å². The second-order valence-corrected chi connectivity index (χ2v) is 7.27. The summed E-state index contributed by atoms with van der Waals surface area (Å²) >= 11 is -0.183. The van der Waals surface area contributed by atoms with Gasteiger partial charge < -0.3 is 0 Å². The average Bonchev–Trinajstić information content (AvgIpc) is 2.33. The van der Waals surface area contributed by atoms with Crippen molar-refractivity contribution in [1.29, 1.82) is 0 Å². The number of rotatable bonds is 3. The smallest absolute Gasteiger partial charge is 0.207 e. The highest BCUT2D eigenvalue weighted by Gasteiger charge is 2.15. The highest BCUT2D eigenvalue weighted by molar-refractivity contribution is 5.17. The van der Waals surface area contributed by atoms with Crippen molar-refractivity contribution in [2.45, 2.75) is 19.8 Å². The van der Waals surface area contributed by atoms with Gasteiger partial charge in [0.2, 0.25) is 0 Å². The van der Waals surface area contributed by atoms with Gasteiger partial charge in [-0.1, -0.05) is 26.0 Å². The molecule has 0 N–H and O–H groups in total. The molecule has 0 amide bonds. The zero-order valence-electron chi connectivity index (χ0n) is 9.95. The monoisotopic (exact) mass is 341 g/mol. The Bertz CT molecular complexity index is 471. The van der Waals surface area contributed by atoms with Crippen LogP contribution in [0.1, 0.15) is 25.3 Å². The fourth-order valence-corrected chi connectivity index (χ4v) is 3.69. The lowest BCUT2D eigenvalue weighted by molar-refractivity contribution is -0.597. The topological polar surface area (TPSA) is 0 Å². The van der Waals surface area contributed by atoms with Gasteiger partial charge in [0.15, 0.2) is 7.14 Å². The van der Waals surface area contributed by atoms with Gasteiger partial charge in [0.05, 0.1) is 0 Å². The van der Waals surface area contributed by atoms with Gasteiger partial charge in [-0.05, 0) is 47.9 Å². The first-order valence-electron chi connectivity index (χ1n) is 5.65. The SMILES string of the molecule is CC(C)c1ccc([I+]c2ccc(F)cc2)cc1. The van der Waals surface area contributed by atoms with Crippen LogP contribution in [0.15, 0.2) is 48.5 Å². The maximum absolute atomic E-state index is 12.8. The molecule has 2 heteroatoms. The van der Waals surface area contributed by atoms with Gasteiger partial charge in [0, 0.05) is 0 Å². The molecule has 0 aliphatic rings. The normalized spacial score (nSPS) is 10.8. The Morgan fingerprint density at radius 3 is 1.76 bits per heavy atom. The van der Waals surface area contributed by atoms with Crippen LogP contribution >= 0.6 is 0 Å². The van der Waals surface area contributed by atoms with E-state index in [0.29, 0.717) is 5.92 Å². The summed E-state index contributed by atoms with van der Waals surface area (Å²) in [4.78, 5) is 0. The molecule has 2 aromatic rings. The molecule has 0 aromatic heterocycles. The molecule has 0 nitrogen and oxygen atoms in total. The molecule has 0 spiro atoms. The zero-order chi connectivity index (χ0) is 12.3. The van der Waals surface area contributed by atoms with E-state index in [2.05, 4.69) is 38.1 Å². The first-order valence-corrected chi connectivity index (χ1v) is 7.81. The van der Waals surface area contributed by atoms with Crippen LogP contribution in [0.25, 0.3) is 0 Å². The molecule has 0 fully saturated rings. The van der Waals surface area contributed by atoms with E-state index in [1.165, 1.54) is 24.8 Å². The van der Waals surface area contributed by atoms with Crippen molar-refractivity contribution in [2.24, 2.45) is 0 Å². The summed E-state index contributed by atoms with van der Waals surface area (Å²) in [6.07, 6.45) is 0. The van der Waals surface area contributed by atoms with Crippen molar-refractivity contribution in [3.8, 4) is 0 Å². The summed E-state index contributed by atoms with van der Waals surface area (Å²) in [6, 6.07) is 15.7. The van der Waals surface area contributed by atoms with E-state index in [-0.39, 0.29) is 27.0 Å². The Labute approximate surface area is 112 Å².